The fourth-order valence-corrected chi connectivity index (χ4v) is 2.67. The van der Waals surface area contributed by atoms with Crippen molar-refractivity contribution in [1.29, 1.82) is 0 Å². The number of hydrogen-bond donors (Lipinski definition) is 1. The first-order valence-corrected chi connectivity index (χ1v) is 8.66. The summed E-state index contributed by atoms with van der Waals surface area (Å²) in [7, 11) is 0. The summed E-state index contributed by atoms with van der Waals surface area (Å²) in [5.41, 5.74) is 2.10. The Morgan fingerprint density at radius 3 is 2.73 bits per heavy atom. The molecular formula is C21H22N4O. The van der Waals surface area contributed by atoms with Crippen LogP contribution in [0.2, 0.25) is 0 Å². The highest BCUT2D eigenvalue weighted by atomic mass is 16.1. The van der Waals surface area contributed by atoms with Crippen molar-refractivity contribution in [1.82, 2.24) is 19.9 Å². The number of aromatic nitrogens is 3. The summed E-state index contributed by atoms with van der Waals surface area (Å²) in [4.78, 5) is 20.8. The second-order valence-corrected chi connectivity index (χ2v) is 5.96. The van der Waals surface area contributed by atoms with Gasteiger partial charge in [0.15, 0.2) is 0 Å². The number of nitrogens with zero attached hydrogens (tertiary/aromatic N) is 3. The van der Waals surface area contributed by atoms with Crippen molar-refractivity contribution in [2.24, 2.45) is 0 Å². The van der Waals surface area contributed by atoms with E-state index in [0.29, 0.717) is 19.4 Å². The predicted molar refractivity (Wildman–Crippen MR) is 103 cm³/mol. The number of aryl methyl sites for hydroxylation is 1. The summed E-state index contributed by atoms with van der Waals surface area (Å²) < 4.78 is 1.92. The molecular weight excluding hydrogens is 324 g/mol. The van der Waals surface area contributed by atoms with Crippen molar-refractivity contribution >= 4 is 12.0 Å². The van der Waals surface area contributed by atoms with Crippen molar-refractivity contribution in [3.8, 4) is 5.82 Å². The maximum atomic E-state index is 12.1. The largest absolute Gasteiger partial charge is 0.352 e. The third kappa shape index (κ3) is 4.66. The molecule has 3 aromatic rings. The van der Waals surface area contributed by atoms with Gasteiger partial charge in [0, 0.05) is 37.1 Å². The Labute approximate surface area is 153 Å². The van der Waals surface area contributed by atoms with Crippen molar-refractivity contribution in [3.05, 3.63) is 84.1 Å². The standard InChI is InChI=1S/C21H22N4O/c1-17-22-14-15-25(17)21-19(11-7-13-23-21)16-24-20(26)12-6-5-10-18-8-3-2-4-9-18/h2-5,7-11,13-15H,6,12,16H2,1H3,(H,24,26)/b10-5+. The van der Waals surface area contributed by atoms with Gasteiger partial charge in [-0.15, -0.1) is 0 Å². The van der Waals surface area contributed by atoms with E-state index in [2.05, 4.69) is 15.3 Å². The van der Waals surface area contributed by atoms with Crippen molar-refractivity contribution in [2.45, 2.75) is 26.3 Å². The summed E-state index contributed by atoms with van der Waals surface area (Å²) in [5, 5.41) is 2.97. The maximum absolute atomic E-state index is 12.1. The summed E-state index contributed by atoms with van der Waals surface area (Å²) >= 11 is 0. The number of benzene rings is 1. The first-order chi connectivity index (χ1) is 12.7. The van der Waals surface area contributed by atoms with Crippen LogP contribution in [0.5, 0.6) is 0 Å². The number of allylic oxidation sites excluding steroid dienone is 1. The minimum absolute atomic E-state index is 0.0277. The molecule has 132 valence electrons. The number of rotatable bonds is 7. The highest BCUT2D eigenvalue weighted by Gasteiger charge is 2.09. The Bertz CT molecular complexity index is 884. The quantitative estimate of drug-likeness (QED) is 0.710. The first kappa shape index (κ1) is 17.6. The minimum atomic E-state index is 0.0277. The molecule has 1 amide bonds. The fraction of sp³-hybridized carbons (Fsp3) is 0.190. The minimum Gasteiger partial charge on any atom is -0.352 e. The van der Waals surface area contributed by atoms with Crippen LogP contribution < -0.4 is 5.32 Å². The Hall–Kier alpha value is -3.21. The zero-order valence-electron chi connectivity index (χ0n) is 14.8. The van der Waals surface area contributed by atoms with Gasteiger partial charge in [-0.05, 0) is 25.0 Å². The normalized spacial score (nSPS) is 11.0. The number of nitrogens with one attached hydrogen (secondary N) is 1. The molecule has 5 heteroatoms. The molecule has 0 saturated carbocycles. The molecule has 0 saturated heterocycles. The zero-order valence-corrected chi connectivity index (χ0v) is 14.8. The van der Waals surface area contributed by atoms with Crippen LogP contribution in [0.4, 0.5) is 0 Å². The second kappa shape index (κ2) is 8.76. The predicted octanol–water partition coefficient (Wildman–Crippen LogP) is 3.69. The van der Waals surface area contributed by atoms with Crippen LogP contribution in [-0.4, -0.2) is 20.4 Å². The van der Waals surface area contributed by atoms with Gasteiger partial charge < -0.3 is 5.32 Å². The van der Waals surface area contributed by atoms with E-state index in [1.54, 1.807) is 12.4 Å². The highest BCUT2D eigenvalue weighted by molar-refractivity contribution is 5.76. The Morgan fingerprint density at radius 2 is 1.96 bits per heavy atom. The Balaban J connectivity index is 1.52. The molecule has 2 aromatic heterocycles. The van der Waals surface area contributed by atoms with Gasteiger partial charge in [-0.2, -0.15) is 0 Å². The lowest BCUT2D eigenvalue weighted by molar-refractivity contribution is -0.121. The third-order valence-corrected chi connectivity index (χ3v) is 4.05. The van der Waals surface area contributed by atoms with Gasteiger partial charge >= 0.3 is 0 Å². The maximum Gasteiger partial charge on any atom is 0.220 e. The molecule has 1 N–H and O–H groups in total. The highest BCUT2D eigenvalue weighted by Crippen LogP contribution is 2.13. The molecule has 0 unspecified atom stereocenters. The van der Waals surface area contributed by atoms with E-state index in [0.717, 1.165) is 22.8 Å². The third-order valence-electron chi connectivity index (χ3n) is 4.05. The van der Waals surface area contributed by atoms with E-state index in [1.807, 2.05) is 72.3 Å². The molecule has 0 spiro atoms. The van der Waals surface area contributed by atoms with Gasteiger partial charge in [0.25, 0.3) is 0 Å². The van der Waals surface area contributed by atoms with Crippen LogP contribution in [0.1, 0.15) is 29.8 Å². The van der Waals surface area contributed by atoms with Gasteiger partial charge in [-0.3, -0.25) is 9.36 Å². The van der Waals surface area contributed by atoms with Crippen LogP contribution >= 0.6 is 0 Å². The van der Waals surface area contributed by atoms with Crippen LogP contribution in [0, 0.1) is 6.92 Å². The average molecular weight is 346 g/mol. The van der Waals surface area contributed by atoms with Crippen LogP contribution in [-0.2, 0) is 11.3 Å². The van der Waals surface area contributed by atoms with Gasteiger partial charge in [0.2, 0.25) is 5.91 Å². The molecule has 0 fully saturated rings. The number of carbonyl (C=O) groups excluding carboxylic acids is 1. The van der Waals surface area contributed by atoms with Crippen molar-refractivity contribution < 1.29 is 4.79 Å². The van der Waals surface area contributed by atoms with E-state index in [-0.39, 0.29) is 5.91 Å². The molecule has 1 aromatic carbocycles. The topological polar surface area (TPSA) is 59.8 Å². The molecule has 3 rings (SSSR count). The van der Waals surface area contributed by atoms with E-state index in [4.69, 9.17) is 0 Å². The monoisotopic (exact) mass is 346 g/mol. The Kier molecular flexibility index (Phi) is 5.93. The molecule has 0 atom stereocenters. The molecule has 0 aliphatic heterocycles. The van der Waals surface area contributed by atoms with E-state index in [1.165, 1.54) is 0 Å². The lowest BCUT2D eigenvalue weighted by Gasteiger charge is -2.11. The van der Waals surface area contributed by atoms with Gasteiger partial charge in [-0.25, -0.2) is 9.97 Å². The van der Waals surface area contributed by atoms with E-state index in [9.17, 15) is 4.79 Å². The van der Waals surface area contributed by atoms with Crippen LogP contribution in [0.15, 0.2) is 67.1 Å². The lowest BCUT2D eigenvalue weighted by Crippen LogP contribution is -2.23. The summed E-state index contributed by atoms with van der Waals surface area (Å²) in [6, 6.07) is 13.9. The van der Waals surface area contributed by atoms with Crippen molar-refractivity contribution in [2.75, 3.05) is 0 Å². The van der Waals surface area contributed by atoms with E-state index < -0.39 is 0 Å². The Morgan fingerprint density at radius 1 is 1.12 bits per heavy atom. The number of amides is 1. The number of imidazole rings is 1. The molecule has 0 radical (unpaired) electrons. The molecule has 0 bridgehead atoms. The summed E-state index contributed by atoms with van der Waals surface area (Å²) in [6.45, 7) is 2.37. The number of hydrogen-bond acceptors (Lipinski definition) is 3. The van der Waals surface area contributed by atoms with Gasteiger partial charge in [0.1, 0.15) is 11.6 Å². The SMILES string of the molecule is Cc1nccn1-c1ncccc1CNC(=O)CC/C=C/c1ccccc1. The van der Waals surface area contributed by atoms with Gasteiger partial charge in [-0.1, -0.05) is 48.6 Å². The molecule has 0 aliphatic carbocycles. The fourth-order valence-electron chi connectivity index (χ4n) is 2.67. The second-order valence-electron chi connectivity index (χ2n) is 5.96. The first-order valence-electron chi connectivity index (χ1n) is 8.66. The average Bonchev–Trinajstić information content (AvgIpc) is 3.10. The molecule has 5 nitrogen and oxygen atoms in total. The van der Waals surface area contributed by atoms with Crippen molar-refractivity contribution in [3.63, 3.8) is 0 Å². The molecule has 2 heterocycles. The van der Waals surface area contributed by atoms with Gasteiger partial charge in [0.05, 0.1) is 0 Å². The zero-order chi connectivity index (χ0) is 18.2. The smallest absolute Gasteiger partial charge is 0.220 e. The van der Waals surface area contributed by atoms with E-state index >= 15 is 0 Å². The summed E-state index contributed by atoms with van der Waals surface area (Å²) in [5.74, 6) is 1.69. The molecule has 26 heavy (non-hydrogen) atoms. The number of carbonyl (C=O) groups is 1. The number of pyridine rings is 1. The van der Waals surface area contributed by atoms with Crippen LogP contribution in [0.25, 0.3) is 11.9 Å². The van der Waals surface area contributed by atoms with Crippen LogP contribution in [0.3, 0.4) is 0 Å². The summed E-state index contributed by atoms with van der Waals surface area (Å²) in [6.07, 6.45) is 10.6. The lowest BCUT2D eigenvalue weighted by atomic mass is 10.2. The molecule has 0 aliphatic rings.